The molecule has 0 spiro atoms. The standard InChI is InChI=1S/C19H29N3O3S.K/c1-13(2)20-10-5-11-26(24,25)22-19(23)21-18-16-8-3-6-14(16)12-15-7-4-9-17(15)18;/h12-13,20H,3-11H2,1-2H3,(H2,21,22,23);. The number of carbonyl (C=O) groups excluding carboxylic acids is 1. The van der Waals surface area contributed by atoms with Crippen molar-refractivity contribution in [1.29, 1.82) is 0 Å². The number of hydrogen-bond acceptors (Lipinski definition) is 4. The second-order valence-electron chi connectivity index (χ2n) is 7.57. The van der Waals surface area contributed by atoms with Gasteiger partial charge < -0.3 is 10.6 Å². The van der Waals surface area contributed by atoms with E-state index >= 15 is 0 Å². The van der Waals surface area contributed by atoms with E-state index in [-0.39, 0.29) is 57.1 Å². The van der Waals surface area contributed by atoms with Gasteiger partial charge in [0.15, 0.2) is 0 Å². The Labute approximate surface area is 205 Å². The SMILES string of the molecule is CC(C)NCCCS(=O)(=O)NC(=O)Nc1c2c(cc3c1CCC3)CCC2.[K]. The summed E-state index contributed by atoms with van der Waals surface area (Å²) in [6.07, 6.45) is 6.64. The van der Waals surface area contributed by atoms with Crippen LogP contribution in [-0.4, -0.2) is 84.2 Å². The first-order valence-corrected chi connectivity index (χ1v) is 11.2. The Kier molecular flexibility index (Phi) is 8.79. The number of nitrogens with one attached hydrogen (secondary N) is 3. The van der Waals surface area contributed by atoms with Gasteiger partial charge in [0.2, 0.25) is 10.0 Å². The number of amides is 2. The first-order valence-electron chi connectivity index (χ1n) is 9.57. The quantitative estimate of drug-likeness (QED) is 0.468. The second-order valence-corrected chi connectivity index (χ2v) is 9.41. The minimum absolute atomic E-state index is 0. The van der Waals surface area contributed by atoms with Crippen molar-refractivity contribution in [2.75, 3.05) is 17.6 Å². The Bertz CT molecular complexity index is 762. The van der Waals surface area contributed by atoms with Crippen LogP contribution in [0.3, 0.4) is 0 Å². The molecule has 0 aliphatic heterocycles. The van der Waals surface area contributed by atoms with Crippen molar-refractivity contribution in [2.45, 2.75) is 64.8 Å². The van der Waals surface area contributed by atoms with Crippen LogP contribution < -0.4 is 15.4 Å². The summed E-state index contributed by atoms with van der Waals surface area (Å²) in [5.41, 5.74) is 5.87. The molecule has 145 valence electrons. The summed E-state index contributed by atoms with van der Waals surface area (Å²) in [4.78, 5) is 12.4. The molecule has 0 fully saturated rings. The first kappa shape index (κ1) is 23.3. The van der Waals surface area contributed by atoms with Gasteiger partial charge in [-0.05, 0) is 73.7 Å². The summed E-state index contributed by atoms with van der Waals surface area (Å²) in [6, 6.07) is 1.96. The van der Waals surface area contributed by atoms with Gasteiger partial charge in [-0.1, -0.05) is 19.9 Å². The molecule has 1 aromatic carbocycles. The Balaban J connectivity index is 0.00000261. The third kappa shape index (κ3) is 6.26. The van der Waals surface area contributed by atoms with Crippen molar-refractivity contribution in [3.05, 3.63) is 28.3 Å². The number of hydrogen-bond donors (Lipinski definition) is 3. The van der Waals surface area contributed by atoms with Crippen LogP contribution >= 0.6 is 0 Å². The number of sulfonamides is 1. The number of aryl methyl sites for hydroxylation is 2. The van der Waals surface area contributed by atoms with Crippen LogP contribution in [0.1, 0.15) is 55.4 Å². The van der Waals surface area contributed by atoms with Gasteiger partial charge in [0, 0.05) is 63.1 Å². The molecule has 3 N–H and O–H groups in total. The van der Waals surface area contributed by atoms with E-state index in [9.17, 15) is 13.2 Å². The van der Waals surface area contributed by atoms with E-state index in [1.165, 1.54) is 22.3 Å². The van der Waals surface area contributed by atoms with Crippen molar-refractivity contribution < 1.29 is 13.2 Å². The Morgan fingerprint density at radius 3 is 2.22 bits per heavy atom. The number of fused-ring (bicyclic) bond motifs is 2. The molecule has 0 saturated heterocycles. The molecule has 2 amide bonds. The number of benzene rings is 1. The maximum atomic E-state index is 12.4. The maximum absolute atomic E-state index is 12.4. The van der Waals surface area contributed by atoms with E-state index in [0.717, 1.165) is 44.2 Å². The van der Waals surface area contributed by atoms with Gasteiger partial charge in [-0.3, -0.25) is 0 Å². The van der Waals surface area contributed by atoms with Gasteiger partial charge >= 0.3 is 6.03 Å². The molecule has 6 nitrogen and oxygen atoms in total. The zero-order chi connectivity index (χ0) is 18.7. The maximum Gasteiger partial charge on any atom is 0.332 e. The average Bonchev–Trinajstić information content (AvgIpc) is 3.19. The molecule has 0 aromatic heterocycles. The Morgan fingerprint density at radius 2 is 1.67 bits per heavy atom. The molecule has 0 atom stereocenters. The van der Waals surface area contributed by atoms with Crippen molar-refractivity contribution in [3.8, 4) is 0 Å². The molecule has 27 heavy (non-hydrogen) atoms. The van der Waals surface area contributed by atoms with E-state index in [0.29, 0.717) is 19.0 Å². The van der Waals surface area contributed by atoms with Crippen molar-refractivity contribution in [2.24, 2.45) is 0 Å². The first-order chi connectivity index (χ1) is 12.4. The molecule has 0 bridgehead atoms. The van der Waals surface area contributed by atoms with Gasteiger partial charge in [-0.15, -0.1) is 0 Å². The fourth-order valence-electron chi connectivity index (χ4n) is 3.95. The summed E-state index contributed by atoms with van der Waals surface area (Å²) in [5.74, 6) is -0.0643. The van der Waals surface area contributed by atoms with Crippen molar-refractivity contribution in [3.63, 3.8) is 0 Å². The summed E-state index contributed by atoms with van der Waals surface area (Å²) >= 11 is 0. The Hall–Kier alpha value is 0.0364. The van der Waals surface area contributed by atoms with Gasteiger partial charge in [-0.2, -0.15) is 0 Å². The van der Waals surface area contributed by atoms with Crippen LogP contribution in [0.25, 0.3) is 0 Å². The number of urea groups is 1. The number of anilines is 1. The molecular formula is C19H29KN3O3S. The smallest absolute Gasteiger partial charge is 0.314 e. The zero-order valence-corrected chi connectivity index (χ0v) is 20.6. The van der Waals surface area contributed by atoms with Crippen LogP contribution in [0.2, 0.25) is 0 Å². The van der Waals surface area contributed by atoms with Crippen LogP contribution in [-0.2, 0) is 35.7 Å². The van der Waals surface area contributed by atoms with Crippen LogP contribution in [0.4, 0.5) is 10.5 Å². The molecule has 8 heteroatoms. The van der Waals surface area contributed by atoms with Crippen molar-refractivity contribution in [1.82, 2.24) is 10.0 Å². The van der Waals surface area contributed by atoms with E-state index in [1.54, 1.807) is 0 Å². The molecule has 2 aliphatic rings. The van der Waals surface area contributed by atoms with E-state index < -0.39 is 16.1 Å². The van der Waals surface area contributed by atoms with Gasteiger partial charge in [0.05, 0.1) is 5.75 Å². The monoisotopic (exact) mass is 418 g/mol. The second kappa shape index (κ2) is 10.2. The molecule has 0 saturated carbocycles. The fraction of sp³-hybridized carbons (Fsp3) is 0.632. The minimum atomic E-state index is -3.63. The van der Waals surface area contributed by atoms with E-state index in [4.69, 9.17) is 0 Å². The van der Waals surface area contributed by atoms with E-state index in [1.807, 2.05) is 13.8 Å². The third-order valence-corrected chi connectivity index (χ3v) is 6.42. The summed E-state index contributed by atoms with van der Waals surface area (Å²) in [6.45, 7) is 4.63. The zero-order valence-electron chi connectivity index (χ0n) is 16.7. The molecular weight excluding hydrogens is 389 g/mol. The van der Waals surface area contributed by atoms with Crippen molar-refractivity contribution >= 4 is 73.1 Å². The number of rotatable bonds is 7. The molecule has 3 rings (SSSR count). The molecule has 1 radical (unpaired) electrons. The summed E-state index contributed by atoms with van der Waals surface area (Å²) < 4.78 is 26.5. The van der Waals surface area contributed by atoms with Crippen LogP contribution in [0, 0.1) is 0 Å². The minimum Gasteiger partial charge on any atom is -0.314 e. The third-order valence-electron chi connectivity index (χ3n) is 5.10. The molecule has 0 unspecified atom stereocenters. The predicted octanol–water partition coefficient (Wildman–Crippen LogP) is 2.12. The summed E-state index contributed by atoms with van der Waals surface area (Å²) in [5, 5.41) is 6.04. The Morgan fingerprint density at radius 1 is 1.07 bits per heavy atom. The predicted molar refractivity (Wildman–Crippen MR) is 110 cm³/mol. The largest absolute Gasteiger partial charge is 0.332 e. The fourth-order valence-corrected chi connectivity index (χ4v) is 4.91. The molecule has 0 heterocycles. The molecule has 1 aromatic rings. The normalized spacial score (nSPS) is 15.2. The van der Waals surface area contributed by atoms with Gasteiger partial charge in [-0.25, -0.2) is 17.9 Å². The van der Waals surface area contributed by atoms with Gasteiger partial charge in [0.25, 0.3) is 0 Å². The average molecular weight is 419 g/mol. The molecule has 2 aliphatic carbocycles. The van der Waals surface area contributed by atoms with Crippen LogP contribution in [0.5, 0.6) is 0 Å². The van der Waals surface area contributed by atoms with Crippen LogP contribution in [0.15, 0.2) is 6.07 Å². The number of carbonyl (C=O) groups is 1. The topological polar surface area (TPSA) is 87.3 Å². The van der Waals surface area contributed by atoms with Gasteiger partial charge in [0.1, 0.15) is 0 Å². The van der Waals surface area contributed by atoms with E-state index in [2.05, 4.69) is 21.4 Å². The summed E-state index contributed by atoms with van der Waals surface area (Å²) in [7, 11) is -3.63.